The summed E-state index contributed by atoms with van der Waals surface area (Å²) in [6.45, 7) is 1.60. The summed E-state index contributed by atoms with van der Waals surface area (Å²) in [5, 5.41) is 14.9. The molecule has 1 atom stereocenters. The van der Waals surface area contributed by atoms with Gasteiger partial charge in [-0.05, 0) is 18.4 Å². The average Bonchev–Trinajstić information content (AvgIpc) is 2.75. The van der Waals surface area contributed by atoms with Gasteiger partial charge < -0.3 is 9.63 Å². The smallest absolute Gasteiger partial charge is 0.255 e. The van der Waals surface area contributed by atoms with Crippen molar-refractivity contribution in [2.45, 2.75) is 19.4 Å². The standard InChI is InChI=1S/C9H10N2O2S/c1-6(12)9-10-8(11-13-9)5-7-3-2-4-14-7/h2-4,6,12H,5H2,1H3. The predicted octanol–water partition coefficient (Wildman–Crippen LogP) is 1.78. The van der Waals surface area contributed by atoms with Crippen LogP contribution in [0.1, 0.15) is 29.6 Å². The van der Waals surface area contributed by atoms with Gasteiger partial charge in [0.05, 0.1) is 0 Å². The van der Waals surface area contributed by atoms with Crippen LogP contribution in [0.15, 0.2) is 22.0 Å². The van der Waals surface area contributed by atoms with Crippen molar-refractivity contribution < 1.29 is 9.63 Å². The minimum absolute atomic E-state index is 0.275. The molecule has 0 aliphatic carbocycles. The van der Waals surface area contributed by atoms with E-state index in [0.717, 1.165) is 0 Å². The van der Waals surface area contributed by atoms with Gasteiger partial charge in [0, 0.05) is 11.3 Å². The molecular formula is C9H10N2O2S. The van der Waals surface area contributed by atoms with Crippen LogP contribution in [0.5, 0.6) is 0 Å². The molecule has 0 amide bonds. The van der Waals surface area contributed by atoms with Crippen molar-refractivity contribution >= 4 is 11.3 Å². The van der Waals surface area contributed by atoms with Crippen molar-refractivity contribution in [3.63, 3.8) is 0 Å². The van der Waals surface area contributed by atoms with E-state index in [9.17, 15) is 0 Å². The van der Waals surface area contributed by atoms with Crippen LogP contribution >= 0.6 is 11.3 Å². The highest BCUT2D eigenvalue weighted by Gasteiger charge is 2.11. The van der Waals surface area contributed by atoms with E-state index >= 15 is 0 Å². The monoisotopic (exact) mass is 210 g/mol. The van der Waals surface area contributed by atoms with Crippen molar-refractivity contribution in [3.8, 4) is 0 Å². The maximum Gasteiger partial charge on any atom is 0.255 e. The van der Waals surface area contributed by atoms with Crippen LogP contribution in [0.2, 0.25) is 0 Å². The Morgan fingerprint density at radius 2 is 2.50 bits per heavy atom. The van der Waals surface area contributed by atoms with E-state index in [1.807, 2.05) is 17.5 Å². The second-order valence-corrected chi connectivity index (χ2v) is 4.01. The van der Waals surface area contributed by atoms with E-state index in [-0.39, 0.29) is 5.89 Å². The first-order valence-corrected chi connectivity index (χ1v) is 5.16. The van der Waals surface area contributed by atoms with E-state index in [4.69, 9.17) is 9.63 Å². The molecule has 0 bridgehead atoms. The van der Waals surface area contributed by atoms with E-state index < -0.39 is 6.10 Å². The average molecular weight is 210 g/mol. The van der Waals surface area contributed by atoms with Crippen LogP contribution in [0.3, 0.4) is 0 Å². The molecule has 0 spiro atoms. The molecule has 0 radical (unpaired) electrons. The molecule has 14 heavy (non-hydrogen) atoms. The van der Waals surface area contributed by atoms with Gasteiger partial charge in [-0.25, -0.2) is 0 Å². The lowest BCUT2D eigenvalue weighted by Crippen LogP contribution is -1.92. The highest BCUT2D eigenvalue weighted by molar-refractivity contribution is 7.09. The number of nitrogens with zero attached hydrogens (tertiary/aromatic N) is 2. The molecule has 0 aliphatic heterocycles. The van der Waals surface area contributed by atoms with Crippen molar-refractivity contribution in [2.24, 2.45) is 0 Å². The van der Waals surface area contributed by atoms with Gasteiger partial charge in [-0.3, -0.25) is 0 Å². The van der Waals surface area contributed by atoms with E-state index in [1.165, 1.54) is 4.88 Å². The fraction of sp³-hybridized carbons (Fsp3) is 0.333. The third kappa shape index (κ3) is 2.00. The van der Waals surface area contributed by atoms with E-state index in [2.05, 4.69) is 10.1 Å². The third-order valence-electron chi connectivity index (χ3n) is 1.75. The first-order chi connectivity index (χ1) is 6.75. The maximum absolute atomic E-state index is 9.17. The predicted molar refractivity (Wildman–Crippen MR) is 52.1 cm³/mol. The van der Waals surface area contributed by atoms with Gasteiger partial charge in [-0.2, -0.15) is 4.98 Å². The number of thiophene rings is 1. The van der Waals surface area contributed by atoms with Gasteiger partial charge in [-0.1, -0.05) is 11.2 Å². The summed E-state index contributed by atoms with van der Waals surface area (Å²) in [5.74, 6) is 0.889. The Bertz CT molecular complexity index is 395. The van der Waals surface area contributed by atoms with Crippen LogP contribution in [-0.2, 0) is 6.42 Å². The van der Waals surface area contributed by atoms with Crippen LogP contribution in [-0.4, -0.2) is 15.2 Å². The Morgan fingerprint density at radius 1 is 1.64 bits per heavy atom. The zero-order valence-corrected chi connectivity index (χ0v) is 8.49. The molecule has 5 heteroatoms. The molecule has 1 unspecified atom stereocenters. The van der Waals surface area contributed by atoms with Crippen molar-refractivity contribution in [3.05, 3.63) is 34.1 Å². The molecule has 2 aromatic rings. The lowest BCUT2D eigenvalue weighted by molar-refractivity contribution is 0.151. The maximum atomic E-state index is 9.17. The van der Waals surface area contributed by atoms with Gasteiger partial charge in [0.1, 0.15) is 6.10 Å². The molecule has 2 heterocycles. The van der Waals surface area contributed by atoms with Crippen LogP contribution in [0.4, 0.5) is 0 Å². The molecule has 2 rings (SSSR count). The molecule has 0 saturated carbocycles. The number of aromatic nitrogens is 2. The fourth-order valence-electron chi connectivity index (χ4n) is 1.08. The lowest BCUT2D eigenvalue weighted by atomic mass is 10.3. The fourth-order valence-corrected chi connectivity index (χ4v) is 1.78. The third-order valence-corrected chi connectivity index (χ3v) is 2.63. The van der Waals surface area contributed by atoms with Gasteiger partial charge in [0.25, 0.3) is 5.89 Å². The zero-order chi connectivity index (χ0) is 9.97. The molecule has 2 aromatic heterocycles. The molecule has 0 saturated heterocycles. The van der Waals surface area contributed by atoms with Crippen molar-refractivity contribution in [2.75, 3.05) is 0 Å². The number of aliphatic hydroxyl groups excluding tert-OH is 1. The minimum atomic E-state index is -0.695. The quantitative estimate of drug-likeness (QED) is 0.838. The van der Waals surface area contributed by atoms with E-state index in [0.29, 0.717) is 12.2 Å². The molecule has 0 fully saturated rings. The van der Waals surface area contributed by atoms with Crippen LogP contribution < -0.4 is 0 Å². The normalized spacial score (nSPS) is 13.0. The van der Waals surface area contributed by atoms with Gasteiger partial charge in [0.2, 0.25) is 0 Å². The van der Waals surface area contributed by atoms with Crippen molar-refractivity contribution in [1.82, 2.24) is 10.1 Å². The summed E-state index contributed by atoms with van der Waals surface area (Å²) >= 11 is 1.65. The first-order valence-electron chi connectivity index (χ1n) is 4.28. The molecule has 0 aliphatic rings. The largest absolute Gasteiger partial charge is 0.384 e. The number of hydrogen-bond donors (Lipinski definition) is 1. The van der Waals surface area contributed by atoms with Crippen molar-refractivity contribution in [1.29, 1.82) is 0 Å². The highest BCUT2D eigenvalue weighted by Crippen LogP contribution is 2.14. The van der Waals surface area contributed by atoms with Crippen LogP contribution in [0, 0.1) is 0 Å². The Balaban J connectivity index is 2.11. The minimum Gasteiger partial charge on any atom is -0.384 e. The number of rotatable bonds is 3. The molecule has 4 nitrogen and oxygen atoms in total. The number of hydrogen-bond acceptors (Lipinski definition) is 5. The highest BCUT2D eigenvalue weighted by atomic mass is 32.1. The summed E-state index contributed by atoms with van der Waals surface area (Å²) in [4.78, 5) is 5.25. The van der Waals surface area contributed by atoms with Gasteiger partial charge in [-0.15, -0.1) is 11.3 Å². The van der Waals surface area contributed by atoms with Gasteiger partial charge in [0.15, 0.2) is 5.82 Å². The second kappa shape index (κ2) is 3.89. The summed E-state index contributed by atoms with van der Waals surface area (Å²) in [5.41, 5.74) is 0. The first kappa shape index (κ1) is 9.36. The second-order valence-electron chi connectivity index (χ2n) is 2.98. The Kier molecular flexibility index (Phi) is 2.60. The molecular weight excluding hydrogens is 200 g/mol. The lowest BCUT2D eigenvalue weighted by Gasteiger charge is -1.91. The topological polar surface area (TPSA) is 59.2 Å². The zero-order valence-electron chi connectivity index (χ0n) is 7.67. The number of aliphatic hydroxyl groups is 1. The Labute approximate surface area is 85.2 Å². The Hall–Kier alpha value is -1.20. The molecule has 0 aromatic carbocycles. The Morgan fingerprint density at radius 3 is 3.07 bits per heavy atom. The SMILES string of the molecule is CC(O)c1nc(Cc2cccs2)no1. The summed E-state index contributed by atoms with van der Waals surface area (Å²) in [7, 11) is 0. The van der Waals surface area contributed by atoms with Crippen LogP contribution in [0.25, 0.3) is 0 Å². The summed E-state index contributed by atoms with van der Waals surface area (Å²) in [6, 6.07) is 4.00. The van der Waals surface area contributed by atoms with E-state index in [1.54, 1.807) is 18.3 Å². The van der Waals surface area contributed by atoms with Gasteiger partial charge >= 0.3 is 0 Å². The molecule has 74 valence electrons. The summed E-state index contributed by atoms with van der Waals surface area (Å²) in [6.07, 6.45) is -0.0342. The summed E-state index contributed by atoms with van der Waals surface area (Å²) < 4.78 is 4.87. The molecule has 1 N–H and O–H groups in total.